The maximum absolute atomic E-state index is 13.4. The van der Waals surface area contributed by atoms with Gasteiger partial charge in [-0.3, -0.25) is 4.79 Å². The average Bonchev–Trinajstić information content (AvgIpc) is 3.63. The van der Waals surface area contributed by atoms with Gasteiger partial charge in [0.1, 0.15) is 5.60 Å². The van der Waals surface area contributed by atoms with Gasteiger partial charge in [0.05, 0.1) is 16.7 Å². The highest BCUT2D eigenvalue weighted by Crippen LogP contribution is 2.36. The molecule has 40 heavy (non-hydrogen) atoms. The normalized spacial score (nSPS) is 18.2. The summed E-state index contributed by atoms with van der Waals surface area (Å²) in [6.07, 6.45) is 4.91. The summed E-state index contributed by atoms with van der Waals surface area (Å²) in [7, 11) is 2.04. The fourth-order valence-electron chi connectivity index (χ4n) is 5.74. The van der Waals surface area contributed by atoms with Crippen molar-refractivity contribution < 1.29 is 14.3 Å². The molecule has 1 saturated carbocycles. The lowest BCUT2D eigenvalue weighted by atomic mass is 10.1. The van der Waals surface area contributed by atoms with E-state index in [1.165, 1.54) is 23.7 Å². The van der Waals surface area contributed by atoms with E-state index in [1.807, 2.05) is 46.0 Å². The number of carbonyl (C=O) groups excluding carboxylic acids is 2. The minimum atomic E-state index is -0.550. The molecule has 0 spiro atoms. The van der Waals surface area contributed by atoms with E-state index >= 15 is 0 Å². The number of likely N-dealkylation sites (tertiary alicyclic amines) is 1. The van der Waals surface area contributed by atoms with E-state index in [4.69, 9.17) is 9.72 Å². The molecule has 1 saturated heterocycles. The van der Waals surface area contributed by atoms with Crippen molar-refractivity contribution >= 4 is 33.9 Å². The molecule has 210 valence electrons. The number of aryl methyl sites for hydroxylation is 1. The van der Waals surface area contributed by atoms with Crippen molar-refractivity contribution in [2.45, 2.75) is 71.1 Å². The van der Waals surface area contributed by atoms with Gasteiger partial charge >= 0.3 is 6.09 Å². The number of benzene rings is 2. The Labute approximate surface area is 235 Å². The van der Waals surface area contributed by atoms with Gasteiger partial charge in [0.2, 0.25) is 0 Å². The van der Waals surface area contributed by atoms with E-state index in [9.17, 15) is 9.59 Å². The van der Waals surface area contributed by atoms with E-state index in [2.05, 4.69) is 44.8 Å². The summed E-state index contributed by atoms with van der Waals surface area (Å²) in [5.41, 5.74) is 4.15. The Hall–Kier alpha value is -3.81. The van der Waals surface area contributed by atoms with Crippen LogP contribution in [0.4, 0.5) is 4.79 Å². The number of aromatic nitrogens is 3. The van der Waals surface area contributed by atoms with Gasteiger partial charge in [0, 0.05) is 49.2 Å². The van der Waals surface area contributed by atoms with Crippen molar-refractivity contribution in [3.8, 4) is 11.5 Å². The zero-order valence-corrected chi connectivity index (χ0v) is 23.9. The fourth-order valence-corrected chi connectivity index (χ4v) is 5.74. The van der Waals surface area contributed by atoms with Crippen molar-refractivity contribution in [1.29, 1.82) is 0 Å². The Morgan fingerprint density at radius 2 is 1.82 bits per heavy atom. The molecule has 3 heterocycles. The van der Waals surface area contributed by atoms with Crippen LogP contribution in [0.5, 0.6) is 0 Å². The summed E-state index contributed by atoms with van der Waals surface area (Å²) in [4.78, 5) is 32.8. The number of carbonyl (C=O) groups is 2. The number of nitrogens with one attached hydrogen (secondary N) is 1. The molecule has 6 rings (SSSR count). The van der Waals surface area contributed by atoms with Crippen LogP contribution in [0, 0.1) is 5.92 Å². The van der Waals surface area contributed by atoms with Crippen LogP contribution < -0.4 is 5.32 Å². The first-order valence-electron chi connectivity index (χ1n) is 14.5. The van der Waals surface area contributed by atoms with Gasteiger partial charge < -0.3 is 24.1 Å². The number of fused-ring (bicyclic) bond motifs is 2. The van der Waals surface area contributed by atoms with Crippen LogP contribution in [-0.2, 0) is 18.3 Å². The quantitative estimate of drug-likeness (QED) is 0.330. The number of nitrogens with zero attached hydrogens (tertiary/aromatic N) is 4. The highest BCUT2D eigenvalue weighted by molar-refractivity contribution is 5.98. The minimum absolute atomic E-state index is 0.129. The zero-order chi connectivity index (χ0) is 28.0. The third-order valence-electron chi connectivity index (χ3n) is 7.98. The monoisotopic (exact) mass is 541 g/mol. The van der Waals surface area contributed by atoms with Gasteiger partial charge in [-0.05, 0) is 89.1 Å². The Bertz CT molecular complexity index is 1570. The lowest BCUT2D eigenvalue weighted by Gasteiger charge is -2.28. The van der Waals surface area contributed by atoms with E-state index in [0.717, 1.165) is 54.3 Å². The van der Waals surface area contributed by atoms with Crippen LogP contribution in [0.15, 0.2) is 48.5 Å². The summed E-state index contributed by atoms with van der Waals surface area (Å²) in [6.45, 7) is 7.70. The average molecular weight is 542 g/mol. The third kappa shape index (κ3) is 5.44. The number of para-hydroxylation sites is 1. The molecule has 2 aromatic heterocycles. The lowest BCUT2D eigenvalue weighted by Crippen LogP contribution is -2.46. The first-order valence-corrected chi connectivity index (χ1v) is 14.5. The molecule has 1 N–H and O–H groups in total. The van der Waals surface area contributed by atoms with Gasteiger partial charge in [-0.1, -0.05) is 18.2 Å². The van der Waals surface area contributed by atoms with Gasteiger partial charge in [0.15, 0.2) is 5.82 Å². The second-order valence-electron chi connectivity index (χ2n) is 12.4. The smallest absolute Gasteiger partial charge is 0.410 e. The van der Waals surface area contributed by atoms with E-state index in [-0.39, 0.29) is 18.0 Å². The summed E-state index contributed by atoms with van der Waals surface area (Å²) in [6, 6.07) is 16.3. The molecule has 1 aliphatic heterocycles. The molecule has 1 atom stereocenters. The number of hydrogen-bond donors (Lipinski definition) is 1. The Morgan fingerprint density at radius 3 is 2.60 bits per heavy atom. The zero-order valence-electron chi connectivity index (χ0n) is 23.9. The number of rotatable bonds is 5. The van der Waals surface area contributed by atoms with Crippen molar-refractivity contribution in [3.05, 3.63) is 54.1 Å². The Kier molecular flexibility index (Phi) is 6.80. The van der Waals surface area contributed by atoms with Crippen molar-refractivity contribution in [2.75, 3.05) is 13.1 Å². The molecule has 2 fully saturated rings. The van der Waals surface area contributed by atoms with Gasteiger partial charge in [-0.2, -0.15) is 0 Å². The van der Waals surface area contributed by atoms with Crippen LogP contribution in [0.3, 0.4) is 0 Å². The van der Waals surface area contributed by atoms with E-state index < -0.39 is 5.60 Å². The SMILES string of the molecule is Cn1c(-c2cc3ccccc3n2CC2CC2)nc2cc(C(=O)NC3CCCCN(C(=O)OC(C)(C)C)C3)ccc21. The molecule has 1 aliphatic carbocycles. The van der Waals surface area contributed by atoms with Crippen molar-refractivity contribution in [1.82, 2.24) is 24.3 Å². The lowest BCUT2D eigenvalue weighted by molar-refractivity contribution is 0.0242. The summed E-state index contributed by atoms with van der Waals surface area (Å²) < 4.78 is 10.1. The Balaban J connectivity index is 1.24. The van der Waals surface area contributed by atoms with Gasteiger partial charge in [0.25, 0.3) is 5.91 Å². The molecule has 0 radical (unpaired) electrons. The molecule has 2 aliphatic rings. The fraction of sp³-hybridized carbons (Fsp3) is 0.469. The van der Waals surface area contributed by atoms with Crippen LogP contribution in [0.1, 0.15) is 63.2 Å². The topological polar surface area (TPSA) is 81.4 Å². The first-order chi connectivity index (χ1) is 19.2. The number of ether oxygens (including phenoxy) is 1. The van der Waals surface area contributed by atoms with Gasteiger partial charge in [-0.25, -0.2) is 9.78 Å². The summed E-state index contributed by atoms with van der Waals surface area (Å²) >= 11 is 0. The predicted octanol–water partition coefficient (Wildman–Crippen LogP) is 6.12. The minimum Gasteiger partial charge on any atom is -0.444 e. The van der Waals surface area contributed by atoms with E-state index in [0.29, 0.717) is 18.7 Å². The van der Waals surface area contributed by atoms with Crippen molar-refractivity contribution in [2.24, 2.45) is 13.0 Å². The second-order valence-corrected chi connectivity index (χ2v) is 12.4. The Morgan fingerprint density at radius 1 is 1.02 bits per heavy atom. The standard InChI is InChI=1S/C32H39N5O3/c1-32(2,3)40-31(39)36-16-8-7-10-24(20-36)33-30(38)23-14-15-27-25(17-23)34-29(35(27)4)28-18-22-9-5-6-11-26(22)37(28)19-21-12-13-21/h5-6,9,11,14-15,17-18,21,24H,7-8,10,12-13,16,19-20H2,1-4H3,(H,33,38). The summed E-state index contributed by atoms with van der Waals surface area (Å²) in [5, 5.41) is 4.39. The highest BCUT2D eigenvalue weighted by Gasteiger charge is 2.28. The maximum atomic E-state index is 13.4. The van der Waals surface area contributed by atoms with Crippen LogP contribution in [-0.4, -0.2) is 55.8 Å². The first kappa shape index (κ1) is 26.4. The highest BCUT2D eigenvalue weighted by atomic mass is 16.6. The molecule has 2 aromatic carbocycles. The molecule has 8 nitrogen and oxygen atoms in total. The molecule has 4 aromatic rings. The molecular weight excluding hydrogens is 502 g/mol. The number of hydrogen-bond acceptors (Lipinski definition) is 4. The predicted molar refractivity (Wildman–Crippen MR) is 157 cm³/mol. The van der Waals surface area contributed by atoms with E-state index in [1.54, 1.807) is 4.90 Å². The molecule has 8 heteroatoms. The molecule has 2 amide bonds. The largest absolute Gasteiger partial charge is 0.444 e. The number of imidazole rings is 1. The second kappa shape index (κ2) is 10.3. The van der Waals surface area contributed by atoms with Crippen LogP contribution in [0.25, 0.3) is 33.5 Å². The molecule has 0 bridgehead atoms. The van der Waals surface area contributed by atoms with Gasteiger partial charge in [-0.15, -0.1) is 0 Å². The van der Waals surface area contributed by atoms with Crippen LogP contribution >= 0.6 is 0 Å². The van der Waals surface area contributed by atoms with Crippen LogP contribution in [0.2, 0.25) is 0 Å². The molecular formula is C32H39N5O3. The maximum Gasteiger partial charge on any atom is 0.410 e. The third-order valence-corrected chi connectivity index (χ3v) is 7.98. The number of amides is 2. The molecule has 1 unspecified atom stereocenters. The van der Waals surface area contributed by atoms with Crippen molar-refractivity contribution in [3.63, 3.8) is 0 Å². The summed E-state index contributed by atoms with van der Waals surface area (Å²) in [5.74, 6) is 1.49.